The van der Waals surface area contributed by atoms with Crippen LogP contribution >= 0.6 is 0 Å². The Morgan fingerprint density at radius 1 is 0.903 bits per heavy atom. The topological polar surface area (TPSA) is 91.0 Å². The van der Waals surface area contributed by atoms with Gasteiger partial charge < -0.3 is 10.0 Å². The monoisotopic (exact) mass is 407 g/mol. The van der Waals surface area contributed by atoms with Crippen molar-refractivity contribution in [3.63, 3.8) is 0 Å². The molecule has 4 aromatic rings. The predicted octanol–water partition coefficient (Wildman–Crippen LogP) is 3.07. The highest BCUT2D eigenvalue weighted by molar-refractivity contribution is 6.04. The van der Waals surface area contributed by atoms with Crippen LogP contribution in [-0.4, -0.2) is 27.6 Å². The largest absolute Gasteiger partial charge is 0.373 e. The zero-order valence-corrected chi connectivity index (χ0v) is 16.4. The third kappa shape index (κ3) is 2.74. The molecule has 150 valence electrons. The Kier molecular flexibility index (Phi) is 3.91. The van der Waals surface area contributed by atoms with Crippen LogP contribution in [0.1, 0.15) is 12.0 Å². The molecule has 0 bridgehead atoms. The van der Waals surface area contributed by atoms with Gasteiger partial charge in [-0.1, -0.05) is 36.4 Å². The summed E-state index contributed by atoms with van der Waals surface area (Å²) in [5.41, 5.74) is 5.25. The van der Waals surface area contributed by atoms with E-state index >= 15 is 0 Å². The molecule has 3 aromatic carbocycles. The van der Waals surface area contributed by atoms with E-state index in [-0.39, 0.29) is 0 Å². The fraction of sp³-hybridized carbons (Fsp3) is 0.125. The molecule has 0 fully saturated rings. The molecule has 2 aliphatic rings. The van der Waals surface area contributed by atoms with Gasteiger partial charge in [0.05, 0.1) is 22.8 Å². The molecule has 0 saturated carbocycles. The Labute approximate surface area is 177 Å². The molecule has 2 amide bonds. The fourth-order valence-electron chi connectivity index (χ4n) is 4.51. The maximum atomic E-state index is 11.8. The summed E-state index contributed by atoms with van der Waals surface area (Å²) in [7, 11) is 0. The van der Waals surface area contributed by atoms with Crippen LogP contribution < -0.4 is 15.6 Å². The Morgan fingerprint density at radius 3 is 2.68 bits per heavy atom. The molecule has 1 unspecified atom stereocenters. The zero-order valence-electron chi connectivity index (χ0n) is 16.4. The van der Waals surface area contributed by atoms with Gasteiger partial charge >= 0.3 is 6.03 Å². The maximum absolute atomic E-state index is 11.8. The summed E-state index contributed by atoms with van der Waals surface area (Å²) in [5.74, 6) is 0. The molecule has 2 aliphatic heterocycles. The second kappa shape index (κ2) is 6.78. The zero-order chi connectivity index (χ0) is 20.9. The molecule has 7 nitrogen and oxygen atoms in total. The predicted molar refractivity (Wildman–Crippen MR) is 116 cm³/mol. The van der Waals surface area contributed by atoms with Gasteiger partial charge in [0.1, 0.15) is 11.6 Å². The number of aryl methyl sites for hydroxylation is 1. The van der Waals surface area contributed by atoms with Crippen LogP contribution in [-0.2, 0) is 6.42 Å². The number of aromatic nitrogens is 2. The minimum Gasteiger partial charge on any atom is -0.373 e. The fourth-order valence-corrected chi connectivity index (χ4v) is 4.51. The van der Waals surface area contributed by atoms with Gasteiger partial charge in [-0.2, -0.15) is 20.2 Å². The van der Waals surface area contributed by atoms with Gasteiger partial charge in [-0.05, 0) is 42.7 Å². The Hall–Kier alpha value is -3.97. The summed E-state index contributed by atoms with van der Waals surface area (Å²) in [4.78, 5) is 21.9. The number of anilines is 2. The number of urea groups is 1. The first kappa shape index (κ1) is 17.9. The third-order valence-electron chi connectivity index (χ3n) is 5.85. The summed E-state index contributed by atoms with van der Waals surface area (Å²) >= 11 is 0. The van der Waals surface area contributed by atoms with E-state index in [4.69, 9.17) is 0 Å². The van der Waals surface area contributed by atoms with E-state index in [9.17, 15) is 9.90 Å². The first-order valence-corrected chi connectivity index (χ1v) is 10.1. The molecule has 7 heteroatoms. The SMILES string of the molecule is O=C1N=c2cccc(-c3cnnc4cccc(N5c6ccccc6CCC5O)c34)c2=N1. The number of rotatable bonds is 2. The third-order valence-corrected chi connectivity index (χ3v) is 5.85. The summed E-state index contributed by atoms with van der Waals surface area (Å²) < 4.78 is 0. The molecule has 0 radical (unpaired) electrons. The highest BCUT2D eigenvalue weighted by atomic mass is 16.3. The molecule has 31 heavy (non-hydrogen) atoms. The summed E-state index contributed by atoms with van der Waals surface area (Å²) in [6.07, 6.45) is 2.47. The van der Waals surface area contributed by atoms with Gasteiger partial charge in [-0.15, -0.1) is 0 Å². The number of carbonyl (C=O) groups excluding carboxylic acids is 1. The molecule has 1 N–H and O–H groups in total. The molecule has 0 saturated heterocycles. The van der Waals surface area contributed by atoms with Crippen LogP contribution in [0, 0.1) is 0 Å². The van der Waals surface area contributed by atoms with Gasteiger partial charge in [-0.25, -0.2) is 4.79 Å². The van der Waals surface area contributed by atoms with E-state index in [0.717, 1.165) is 34.3 Å². The standard InChI is InChI=1S/C24H17N5O2/c30-21-12-11-14-5-1-2-9-19(14)29(21)20-10-4-7-17-22(20)16(13-25-28-17)15-6-3-8-18-23(15)27-24(31)26-18/h1-10,13,21,30H,11-12H2. The number of amides is 2. The normalized spacial score (nSPS) is 17.1. The first-order chi connectivity index (χ1) is 15.2. The van der Waals surface area contributed by atoms with Crippen molar-refractivity contribution in [3.05, 3.63) is 83.1 Å². The van der Waals surface area contributed by atoms with Gasteiger partial charge in [0.2, 0.25) is 0 Å². The molecule has 0 spiro atoms. The average molecular weight is 407 g/mol. The van der Waals surface area contributed by atoms with E-state index in [1.807, 2.05) is 53.4 Å². The summed E-state index contributed by atoms with van der Waals surface area (Å²) in [6, 6.07) is 18.9. The van der Waals surface area contributed by atoms with Crippen LogP contribution in [0.3, 0.4) is 0 Å². The Bertz CT molecular complexity index is 1490. The van der Waals surface area contributed by atoms with Gasteiger partial charge in [0, 0.05) is 22.2 Å². The highest BCUT2D eigenvalue weighted by Crippen LogP contribution is 2.41. The number of benzene rings is 3. The van der Waals surface area contributed by atoms with Crippen LogP contribution in [0.2, 0.25) is 0 Å². The van der Waals surface area contributed by atoms with Crippen LogP contribution in [0.4, 0.5) is 16.2 Å². The van der Waals surface area contributed by atoms with Crippen molar-refractivity contribution in [1.82, 2.24) is 10.2 Å². The number of aliphatic hydroxyl groups is 1. The molecule has 3 heterocycles. The van der Waals surface area contributed by atoms with Gasteiger partial charge in [-0.3, -0.25) is 0 Å². The second-order valence-electron chi connectivity index (χ2n) is 7.63. The van der Waals surface area contributed by atoms with Crippen molar-refractivity contribution < 1.29 is 9.90 Å². The van der Waals surface area contributed by atoms with Crippen molar-refractivity contribution >= 4 is 28.3 Å². The van der Waals surface area contributed by atoms with Crippen LogP contribution in [0.15, 0.2) is 76.8 Å². The van der Waals surface area contributed by atoms with Crippen molar-refractivity contribution in [1.29, 1.82) is 0 Å². The Morgan fingerprint density at radius 2 is 1.74 bits per heavy atom. The van der Waals surface area contributed by atoms with Gasteiger partial charge in [0.25, 0.3) is 0 Å². The first-order valence-electron chi connectivity index (χ1n) is 10.1. The maximum Gasteiger partial charge on any atom is 0.368 e. The Balaban J connectivity index is 1.68. The van der Waals surface area contributed by atoms with Gasteiger partial charge in [0.15, 0.2) is 0 Å². The summed E-state index contributed by atoms with van der Waals surface area (Å²) in [5, 5.41) is 21.5. The molecular formula is C24H17N5O2. The smallest absolute Gasteiger partial charge is 0.368 e. The molecule has 0 aliphatic carbocycles. The lowest BCUT2D eigenvalue weighted by atomic mass is 9.96. The van der Waals surface area contributed by atoms with E-state index in [0.29, 0.717) is 22.7 Å². The highest BCUT2D eigenvalue weighted by Gasteiger charge is 2.28. The number of aliphatic hydroxyl groups excluding tert-OH is 1. The lowest BCUT2D eigenvalue weighted by molar-refractivity contribution is 0.166. The van der Waals surface area contributed by atoms with Crippen molar-refractivity contribution in [3.8, 4) is 11.1 Å². The van der Waals surface area contributed by atoms with E-state index < -0.39 is 12.3 Å². The average Bonchev–Trinajstić information content (AvgIpc) is 3.18. The number of hydrogen-bond acceptors (Lipinski definition) is 5. The molecule has 6 rings (SSSR count). The molecular weight excluding hydrogens is 390 g/mol. The second-order valence-corrected chi connectivity index (χ2v) is 7.63. The van der Waals surface area contributed by atoms with E-state index in [2.05, 4.69) is 26.2 Å². The lowest BCUT2D eigenvalue weighted by Gasteiger charge is -2.36. The number of para-hydroxylation sites is 2. The quantitative estimate of drug-likeness (QED) is 0.551. The van der Waals surface area contributed by atoms with Crippen LogP contribution in [0.5, 0.6) is 0 Å². The van der Waals surface area contributed by atoms with Crippen LogP contribution in [0.25, 0.3) is 22.0 Å². The van der Waals surface area contributed by atoms with Crippen molar-refractivity contribution in [2.45, 2.75) is 19.1 Å². The minimum absolute atomic E-state index is 0.505. The van der Waals surface area contributed by atoms with Crippen molar-refractivity contribution in [2.75, 3.05) is 4.90 Å². The van der Waals surface area contributed by atoms with E-state index in [1.165, 1.54) is 5.56 Å². The number of carbonyl (C=O) groups is 1. The minimum atomic E-state index is -0.663. The number of nitrogens with zero attached hydrogens (tertiary/aromatic N) is 5. The number of hydrogen-bond donors (Lipinski definition) is 1. The molecule has 1 aromatic heterocycles. The summed E-state index contributed by atoms with van der Waals surface area (Å²) in [6.45, 7) is 0. The lowest BCUT2D eigenvalue weighted by Crippen LogP contribution is -2.35. The molecule has 1 atom stereocenters. The van der Waals surface area contributed by atoms with E-state index in [1.54, 1.807) is 12.3 Å². The number of fused-ring (bicyclic) bond motifs is 3. The van der Waals surface area contributed by atoms with Crippen molar-refractivity contribution in [2.24, 2.45) is 9.98 Å².